The van der Waals surface area contributed by atoms with Crippen LogP contribution in [0.5, 0.6) is 0 Å². The number of carbonyl (C=O) groups is 1. The van der Waals surface area contributed by atoms with Crippen molar-refractivity contribution in [1.82, 2.24) is 4.90 Å². The summed E-state index contributed by atoms with van der Waals surface area (Å²) in [5.41, 5.74) is 5.86. The van der Waals surface area contributed by atoms with Crippen molar-refractivity contribution in [2.45, 2.75) is 70.6 Å². The quantitative estimate of drug-likeness (QED) is 0.372. The van der Waals surface area contributed by atoms with Crippen molar-refractivity contribution in [3.05, 3.63) is 71.3 Å². The maximum absolute atomic E-state index is 11.2. The van der Waals surface area contributed by atoms with E-state index in [1.807, 2.05) is 11.8 Å². The summed E-state index contributed by atoms with van der Waals surface area (Å²) < 4.78 is 6.95. The molecule has 35 heavy (non-hydrogen) atoms. The van der Waals surface area contributed by atoms with Crippen LogP contribution in [0.2, 0.25) is 0 Å². The summed E-state index contributed by atoms with van der Waals surface area (Å²) in [5, 5.41) is 9.19. The van der Waals surface area contributed by atoms with E-state index in [2.05, 4.69) is 73.4 Å². The van der Waals surface area contributed by atoms with Crippen LogP contribution in [0.25, 0.3) is 11.1 Å². The van der Waals surface area contributed by atoms with Crippen molar-refractivity contribution in [3.63, 3.8) is 0 Å². The number of ether oxygens (including phenoxy) is 1. The van der Waals surface area contributed by atoms with Crippen molar-refractivity contribution < 1.29 is 14.6 Å². The Hall–Kier alpha value is -2.08. The minimum absolute atomic E-state index is 0.207. The van der Waals surface area contributed by atoms with E-state index in [0.29, 0.717) is 19.1 Å². The highest BCUT2D eigenvalue weighted by molar-refractivity contribution is 7.99. The van der Waals surface area contributed by atoms with Gasteiger partial charge in [0.2, 0.25) is 0 Å². The molecule has 2 atom stereocenters. The average molecular weight is 494 g/mol. The lowest BCUT2D eigenvalue weighted by Gasteiger charge is -2.45. The van der Waals surface area contributed by atoms with Gasteiger partial charge in [-0.05, 0) is 68.2 Å². The third kappa shape index (κ3) is 6.38. The first-order valence-corrected chi connectivity index (χ1v) is 14.2. The van der Waals surface area contributed by atoms with E-state index in [1.165, 1.54) is 39.3 Å². The third-order valence-electron chi connectivity index (χ3n) is 7.61. The van der Waals surface area contributed by atoms with Crippen molar-refractivity contribution in [2.24, 2.45) is 0 Å². The second-order valence-corrected chi connectivity index (χ2v) is 11.1. The SMILES string of the molecule is C/C=C(/CCCC(=O)O)C1(OCc2ccc(-c3ccc(C)cc3)cc2)CCCC1N1CCSCC1. The maximum Gasteiger partial charge on any atom is 0.303 e. The van der Waals surface area contributed by atoms with Gasteiger partial charge < -0.3 is 9.84 Å². The van der Waals surface area contributed by atoms with Gasteiger partial charge in [0.05, 0.1) is 6.61 Å². The van der Waals surface area contributed by atoms with Gasteiger partial charge in [0.15, 0.2) is 0 Å². The molecule has 188 valence electrons. The van der Waals surface area contributed by atoms with Gasteiger partial charge in [0, 0.05) is 37.1 Å². The summed E-state index contributed by atoms with van der Waals surface area (Å²) in [5.74, 6) is 1.63. The molecule has 0 radical (unpaired) electrons. The monoisotopic (exact) mass is 493 g/mol. The van der Waals surface area contributed by atoms with E-state index in [4.69, 9.17) is 4.74 Å². The van der Waals surface area contributed by atoms with E-state index < -0.39 is 5.97 Å². The second kappa shape index (κ2) is 12.2. The average Bonchev–Trinajstić information content (AvgIpc) is 3.31. The zero-order valence-electron chi connectivity index (χ0n) is 21.2. The largest absolute Gasteiger partial charge is 0.481 e. The number of aryl methyl sites for hydroxylation is 1. The molecular weight excluding hydrogens is 454 g/mol. The summed E-state index contributed by atoms with van der Waals surface area (Å²) in [7, 11) is 0. The normalized spacial score (nSPS) is 23.5. The number of thioether (sulfide) groups is 1. The summed E-state index contributed by atoms with van der Waals surface area (Å²) in [6.07, 6.45) is 7.17. The van der Waals surface area contributed by atoms with Crippen LogP contribution in [0.3, 0.4) is 0 Å². The molecule has 0 amide bonds. The molecule has 0 bridgehead atoms. The van der Waals surface area contributed by atoms with Gasteiger partial charge in [-0.2, -0.15) is 11.8 Å². The number of rotatable bonds is 10. The molecule has 1 heterocycles. The number of allylic oxidation sites excluding steroid dienone is 1. The molecule has 4 nitrogen and oxygen atoms in total. The molecule has 1 N–H and O–H groups in total. The number of nitrogens with zero attached hydrogens (tertiary/aromatic N) is 1. The van der Waals surface area contributed by atoms with Crippen LogP contribution in [0.4, 0.5) is 0 Å². The fourth-order valence-electron chi connectivity index (χ4n) is 5.74. The van der Waals surface area contributed by atoms with Crippen LogP contribution in [-0.4, -0.2) is 52.2 Å². The second-order valence-electron chi connectivity index (χ2n) is 9.86. The van der Waals surface area contributed by atoms with Crippen LogP contribution in [0, 0.1) is 6.92 Å². The van der Waals surface area contributed by atoms with Gasteiger partial charge in [0.1, 0.15) is 5.60 Å². The first-order valence-electron chi connectivity index (χ1n) is 13.0. The van der Waals surface area contributed by atoms with Crippen molar-refractivity contribution in [3.8, 4) is 11.1 Å². The predicted octanol–water partition coefficient (Wildman–Crippen LogP) is 6.72. The minimum atomic E-state index is -0.722. The molecular formula is C30H39NO3S. The summed E-state index contributed by atoms with van der Waals surface area (Å²) in [4.78, 5) is 13.8. The van der Waals surface area contributed by atoms with Crippen molar-refractivity contribution >= 4 is 17.7 Å². The summed E-state index contributed by atoms with van der Waals surface area (Å²) >= 11 is 2.04. The zero-order valence-corrected chi connectivity index (χ0v) is 22.0. The fraction of sp³-hybridized carbons (Fsp3) is 0.500. The van der Waals surface area contributed by atoms with Crippen LogP contribution in [0.1, 0.15) is 56.6 Å². The number of benzene rings is 2. The van der Waals surface area contributed by atoms with Crippen molar-refractivity contribution in [1.29, 1.82) is 0 Å². The Kier molecular flexibility index (Phi) is 9.10. The number of aliphatic carboxylic acids is 1. The van der Waals surface area contributed by atoms with Crippen LogP contribution in [-0.2, 0) is 16.1 Å². The van der Waals surface area contributed by atoms with E-state index in [0.717, 1.165) is 38.8 Å². The van der Waals surface area contributed by atoms with E-state index in [9.17, 15) is 9.90 Å². The third-order valence-corrected chi connectivity index (χ3v) is 8.56. The van der Waals surface area contributed by atoms with Gasteiger partial charge in [-0.1, -0.05) is 60.2 Å². The van der Waals surface area contributed by atoms with Gasteiger partial charge in [-0.25, -0.2) is 0 Å². The van der Waals surface area contributed by atoms with Crippen LogP contribution in [0.15, 0.2) is 60.2 Å². The summed E-state index contributed by atoms with van der Waals surface area (Å²) in [6, 6.07) is 17.8. The molecule has 2 fully saturated rings. The highest BCUT2D eigenvalue weighted by Gasteiger charge is 2.49. The molecule has 1 saturated heterocycles. The molecule has 1 aliphatic carbocycles. The molecule has 1 aliphatic heterocycles. The Bertz CT molecular complexity index is 995. The molecule has 0 spiro atoms. The van der Waals surface area contributed by atoms with Crippen LogP contribution < -0.4 is 0 Å². The van der Waals surface area contributed by atoms with Gasteiger partial charge in [-0.3, -0.25) is 9.69 Å². The molecule has 2 unspecified atom stereocenters. The highest BCUT2D eigenvalue weighted by atomic mass is 32.2. The van der Waals surface area contributed by atoms with Crippen molar-refractivity contribution in [2.75, 3.05) is 24.6 Å². The highest BCUT2D eigenvalue weighted by Crippen LogP contribution is 2.45. The van der Waals surface area contributed by atoms with E-state index in [-0.39, 0.29) is 12.0 Å². The lowest BCUT2D eigenvalue weighted by molar-refractivity contribution is -0.137. The molecule has 0 aromatic heterocycles. The molecule has 5 heteroatoms. The number of hydrogen-bond donors (Lipinski definition) is 1. The first kappa shape index (κ1) is 26.0. The van der Waals surface area contributed by atoms with E-state index >= 15 is 0 Å². The molecule has 2 aromatic rings. The fourth-order valence-corrected chi connectivity index (χ4v) is 6.67. The van der Waals surface area contributed by atoms with E-state index in [1.54, 1.807) is 0 Å². The predicted molar refractivity (Wildman–Crippen MR) is 146 cm³/mol. The zero-order chi connectivity index (χ0) is 24.7. The lowest BCUT2D eigenvalue weighted by atomic mass is 9.83. The Balaban J connectivity index is 1.53. The Morgan fingerprint density at radius 3 is 2.37 bits per heavy atom. The molecule has 2 aromatic carbocycles. The van der Waals surface area contributed by atoms with Crippen LogP contribution >= 0.6 is 11.8 Å². The smallest absolute Gasteiger partial charge is 0.303 e. The molecule has 4 rings (SSSR count). The summed E-state index contributed by atoms with van der Waals surface area (Å²) in [6.45, 7) is 7.00. The van der Waals surface area contributed by atoms with Gasteiger partial charge in [-0.15, -0.1) is 0 Å². The molecule has 1 saturated carbocycles. The van der Waals surface area contributed by atoms with Gasteiger partial charge in [0.25, 0.3) is 0 Å². The Labute approximate surface area is 214 Å². The first-order chi connectivity index (χ1) is 17.0. The standard InChI is InChI=1S/C30H39NO3S/c1-3-27(6-4-8-29(32)33)30(17-5-7-28(30)31-18-20-35-21-19-31)34-22-24-11-15-26(16-12-24)25-13-9-23(2)10-14-25/h3,9-16,28H,4-8,17-22H2,1-2H3,(H,32,33)/b27-3-. The lowest BCUT2D eigenvalue weighted by Crippen LogP contribution is -2.54. The number of hydrogen-bond acceptors (Lipinski definition) is 4. The maximum atomic E-state index is 11.2. The Morgan fingerprint density at radius 2 is 1.74 bits per heavy atom. The minimum Gasteiger partial charge on any atom is -0.481 e. The molecule has 2 aliphatic rings. The Morgan fingerprint density at radius 1 is 1.09 bits per heavy atom. The topological polar surface area (TPSA) is 49.8 Å². The van der Waals surface area contributed by atoms with Gasteiger partial charge >= 0.3 is 5.97 Å². The number of carboxylic acids is 1. The number of carboxylic acid groups (broad SMARTS) is 1.